The van der Waals surface area contributed by atoms with Crippen LogP contribution in [0.25, 0.3) is 44.5 Å². The molecule has 1 aliphatic heterocycles. The molecule has 1 heterocycles. The summed E-state index contributed by atoms with van der Waals surface area (Å²) in [6.45, 7) is 16.6. The van der Waals surface area contributed by atoms with Gasteiger partial charge in [-0.2, -0.15) is 0 Å². The first-order valence-corrected chi connectivity index (χ1v) is 17.9. The Morgan fingerprint density at radius 2 is 1.27 bits per heavy atom. The van der Waals surface area contributed by atoms with Gasteiger partial charge >= 0.3 is 0 Å². The lowest BCUT2D eigenvalue weighted by molar-refractivity contribution is 1.07. The van der Waals surface area contributed by atoms with Crippen LogP contribution in [-0.4, -0.2) is 0 Å². The molecule has 1 N–H and O–H groups in total. The van der Waals surface area contributed by atoms with E-state index in [9.17, 15) is 0 Å². The fraction of sp³-hybridized carbons (Fsp3) is 0.0800. The van der Waals surface area contributed by atoms with Crippen LogP contribution < -0.4 is 10.2 Å². The molecule has 0 bridgehead atoms. The van der Waals surface area contributed by atoms with Gasteiger partial charge < -0.3 is 10.2 Å². The Labute approximate surface area is 309 Å². The second kappa shape index (κ2) is 15.2. The van der Waals surface area contributed by atoms with Crippen molar-refractivity contribution in [3.8, 4) is 33.4 Å². The van der Waals surface area contributed by atoms with E-state index in [0.717, 1.165) is 52.2 Å². The van der Waals surface area contributed by atoms with Crippen molar-refractivity contribution in [1.29, 1.82) is 0 Å². The molecule has 0 radical (unpaired) electrons. The summed E-state index contributed by atoms with van der Waals surface area (Å²) < 4.78 is 0. The number of aryl methyl sites for hydroxylation is 2. The summed E-state index contributed by atoms with van der Waals surface area (Å²) in [5, 5.41) is 3.72. The number of hydrogen-bond acceptors (Lipinski definition) is 2. The SMILES string of the molecule is C=C/C=C\C(=C)c1ccccc1-c1ccccc1Nc1ccc(-c2ccc(N3C=C(CCC=C)c4ccccc4-c4ccccc43)cc2C)c(C)c1. The van der Waals surface area contributed by atoms with Gasteiger partial charge in [0.2, 0.25) is 0 Å². The number of nitrogens with zero attached hydrogens (tertiary/aromatic N) is 1. The van der Waals surface area contributed by atoms with E-state index in [2.05, 4.69) is 183 Å². The fourth-order valence-electron chi connectivity index (χ4n) is 7.27. The predicted octanol–water partition coefficient (Wildman–Crippen LogP) is 14.3. The maximum atomic E-state index is 4.32. The van der Waals surface area contributed by atoms with Gasteiger partial charge in [-0.25, -0.2) is 0 Å². The number of rotatable bonds is 11. The van der Waals surface area contributed by atoms with Gasteiger partial charge in [-0.1, -0.05) is 135 Å². The molecule has 6 aromatic carbocycles. The average molecular weight is 673 g/mol. The van der Waals surface area contributed by atoms with Gasteiger partial charge in [-0.3, -0.25) is 0 Å². The lowest BCUT2D eigenvalue weighted by Crippen LogP contribution is -2.10. The number of nitrogens with one attached hydrogen (secondary N) is 1. The molecule has 1 aliphatic rings. The van der Waals surface area contributed by atoms with E-state index in [0.29, 0.717) is 0 Å². The number of anilines is 4. The first-order valence-electron chi connectivity index (χ1n) is 17.9. The third kappa shape index (κ3) is 6.84. The lowest BCUT2D eigenvalue weighted by atomic mass is 9.93. The molecule has 254 valence electrons. The van der Waals surface area contributed by atoms with E-state index in [-0.39, 0.29) is 0 Å². The first kappa shape index (κ1) is 34.1. The largest absolute Gasteiger partial charge is 0.355 e. The molecule has 7 rings (SSSR count). The zero-order chi connectivity index (χ0) is 36.0. The van der Waals surface area contributed by atoms with Crippen LogP contribution in [0.4, 0.5) is 22.7 Å². The van der Waals surface area contributed by atoms with Crippen molar-refractivity contribution < 1.29 is 0 Å². The molecule has 0 amide bonds. The van der Waals surface area contributed by atoms with Gasteiger partial charge in [0.25, 0.3) is 0 Å². The number of para-hydroxylation sites is 2. The highest BCUT2D eigenvalue weighted by Gasteiger charge is 2.22. The molecule has 6 aromatic rings. The molecular formula is C50H44N2. The van der Waals surface area contributed by atoms with Crippen LogP contribution >= 0.6 is 0 Å². The molecular weight excluding hydrogens is 629 g/mol. The van der Waals surface area contributed by atoms with Crippen molar-refractivity contribution >= 4 is 33.9 Å². The van der Waals surface area contributed by atoms with Gasteiger partial charge in [0.1, 0.15) is 0 Å². The lowest BCUT2D eigenvalue weighted by Gasteiger charge is -2.24. The highest BCUT2D eigenvalue weighted by atomic mass is 15.1. The summed E-state index contributed by atoms with van der Waals surface area (Å²) in [4.78, 5) is 2.37. The van der Waals surface area contributed by atoms with Crippen molar-refractivity contribution in [2.45, 2.75) is 26.7 Å². The van der Waals surface area contributed by atoms with Crippen LogP contribution in [0.5, 0.6) is 0 Å². The number of hydrogen-bond donors (Lipinski definition) is 1. The molecule has 0 aromatic heterocycles. The van der Waals surface area contributed by atoms with Gasteiger partial charge in [0, 0.05) is 34.4 Å². The fourth-order valence-corrected chi connectivity index (χ4v) is 7.27. The summed E-state index contributed by atoms with van der Waals surface area (Å²) in [6.07, 6.45) is 11.9. The smallest absolute Gasteiger partial charge is 0.0534 e. The normalized spacial score (nSPS) is 12.0. The molecule has 0 saturated carbocycles. The van der Waals surface area contributed by atoms with Crippen LogP contribution in [0.3, 0.4) is 0 Å². The Morgan fingerprint density at radius 1 is 0.635 bits per heavy atom. The van der Waals surface area contributed by atoms with Crippen molar-refractivity contribution in [1.82, 2.24) is 0 Å². The molecule has 2 heteroatoms. The standard InChI is InChI=1S/C50H44N2/c1-6-8-18-35(3)41-20-10-12-22-45(41)47-24-14-16-26-49(47)51-39-28-30-42(36(4)32-39)43-31-29-40(33-37(43)5)52-34-38(19-9-7-2)44-21-11-13-23-46(44)48-25-15-17-27-50(48)52/h6-8,10-18,20-34,51H,1-3,9,19H2,4-5H3/b18-8-. The number of fused-ring (bicyclic) bond motifs is 3. The first-order chi connectivity index (χ1) is 25.5. The topological polar surface area (TPSA) is 15.3 Å². The molecule has 0 spiro atoms. The molecule has 0 aliphatic carbocycles. The molecule has 0 unspecified atom stereocenters. The third-order valence-corrected chi connectivity index (χ3v) is 9.84. The van der Waals surface area contributed by atoms with Crippen molar-refractivity contribution in [2.24, 2.45) is 0 Å². The Balaban J connectivity index is 1.20. The monoisotopic (exact) mass is 672 g/mol. The summed E-state index contributed by atoms with van der Waals surface area (Å²) >= 11 is 0. The number of allylic oxidation sites excluding steroid dienone is 6. The van der Waals surface area contributed by atoms with Crippen LogP contribution in [0.1, 0.15) is 35.1 Å². The zero-order valence-electron chi connectivity index (χ0n) is 30.1. The Bertz CT molecular complexity index is 2370. The summed E-state index contributed by atoms with van der Waals surface area (Å²) in [5.41, 5.74) is 18.7. The van der Waals surface area contributed by atoms with Gasteiger partial charge in [-0.15, -0.1) is 6.58 Å². The minimum Gasteiger partial charge on any atom is -0.355 e. The van der Waals surface area contributed by atoms with E-state index in [4.69, 9.17) is 0 Å². The van der Waals surface area contributed by atoms with E-state index >= 15 is 0 Å². The van der Waals surface area contributed by atoms with Crippen LogP contribution in [0, 0.1) is 13.8 Å². The van der Waals surface area contributed by atoms with E-state index in [1.807, 2.05) is 18.2 Å². The highest BCUT2D eigenvalue weighted by Crippen LogP contribution is 2.44. The van der Waals surface area contributed by atoms with Crippen LogP contribution in [-0.2, 0) is 0 Å². The van der Waals surface area contributed by atoms with E-state index < -0.39 is 0 Å². The van der Waals surface area contributed by atoms with Gasteiger partial charge in [0.05, 0.1) is 5.69 Å². The zero-order valence-corrected chi connectivity index (χ0v) is 30.1. The van der Waals surface area contributed by atoms with Crippen molar-refractivity contribution in [2.75, 3.05) is 10.2 Å². The maximum Gasteiger partial charge on any atom is 0.0534 e. The molecule has 0 fully saturated rings. The summed E-state index contributed by atoms with van der Waals surface area (Å²) in [7, 11) is 0. The van der Waals surface area contributed by atoms with Gasteiger partial charge in [-0.05, 0) is 119 Å². The minimum absolute atomic E-state index is 0.925. The molecule has 0 saturated heterocycles. The third-order valence-electron chi connectivity index (χ3n) is 9.84. The molecule has 0 atom stereocenters. The Morgan fingerprint density at radius 3 is 2.00 bits per heavy atom. The minimum atomic E-state index is 0.925. The average Bonchev–Trinajstić information content (AvgIpc) is 3.31. The van der Waals surface area contributed by atoms with Crippen molar-refractivity contribution in [3.05, 3.63) is 206 Å². The highest BCUT2D eigenvalue weighted by molar-refractivity contribution is 5.95. The summed E-state index contributed by atoms with van der Waals surface area (Å²) in [5.74, 6) is 0. The maximum absolute atomic E-state index is 4.32. The van der Waals surface area contributed by atoms with Crippen LogP contribution in [0.2, 0.25) is 0 Å². The van der Waals surface area contributed by atoms with E-state index in [1.165, 1.54) is 50.2 Å². The number of benzene rings is 6. The van der Waals surface area contributed by atoms with Crippen LogP contribution in [0.15, 0.2) is 184 Å². The second-order valence-corrected chi connectivity index (χ2v) is 13.3. The molecule has 52 heavy (non-hydrogen) atoms. The quantitative estimate of drug-likeness (QED) is 0.109. The second-order valence-electron chi connectivity index (χ2n) is 13.3. The van der Waals surface area contributed by atoms with Crippen molar-refractivity contribution in [3.63, 3.8) is 0 Å². The van der Waals surface area contributed by atoms with Gasteiger partial charge in [0.15, 0.2) is 0 Å². The Hall–Kier alpha value is -6.38. The Kier molecular flexibility index (Phi) is 9.99. The molecule has 2 nitrogen and oxygen atoms in total. The van der Waals surface area contributed by atoms with E-state index in [1.54, 1.807) is 6.08 Å². The summed E-state index contributed by atoms with van der Waals surface area (Å²) in [6, 6.07) is 47.9. The predicted molar refractivity (Wildman–Crippen MR) is 226 cm³/mol.